The number of rotatable bonds is 4. The van der Waals surface area contributed by atoms with Crippen LogP contribution in [0.4, 0.5) is 13.2 Å². The van der Waals surface area contributed by atoms with Gasteiger partial charge in [0, 0.05) is 18.8 Å². The Bertz CT molecular complexity index is 469. The quantitative estimate of drug-likeness (QED) is 0.923. The summed E-state index contributed by atoms with van der Waals surface area (Å²) in [6.45, 7) is -0.00488. The Kier molecular flexibility index (Phi) is 4.27. The van der Waals surface area contributed by atoms with Crippen molar-refractivity contribution < 1.29 is 23.1 Å². The number of aromatic nitrogens is 1. The number of hydrogen-bond donors (Lipinski definition) is 1. The zero-order valence-electron chi connectivity index (χ0n) is 10.7. The van der Waals surface area contributed by atoms with Gasteiger partial charge in [-0.1, -0.05) is 0 Å². The van der Waals surface area contributed by atoms with E-state index in [9.17, 15) is 18.0 Å². The Balaban J connectivity index is 2.14. The molecule has 0 aliphatic heterocycles. The van der Waals surface area contributed by atoms with Crippen LogP contribution in [-0.4, -0.2) is 40.1 Å². The molecule has 7 heteroatoms. The van der Waals surface area contributed by atoms with Gasteiger partial charge in [0.25, 0.3) is 5.91 Å². The van der Waals surface area contributed by atoms with Crippen LogP contribution >= 0.6 is 0 Å². The molecule has 1 aliphatic carbocycles. The third-order valence-corrected chi connectivity index (χ3v) is 3.43. The average Bonchev–Trinajstić information content (AvgIpc) is 2.34. The summed E-state index contributed by atoms with van der Waals surface area (Å²) in [5.41, 5.74) is -0.912. The van der Waals surface area contributed by atoms with Gasteiger partial charge in [0.15, 0.2) is 0 Å². The fourth-order valence-electron chi connectivity index (χ4n) is 2.09. The summed E-state index contributed by atoms with van der Waals surface area (Å²) < 4.78 is 37.3. The maximum absolute atomic E-state index is 12.4. The standard InChI is InChI=1S/C13H15F3N2O2/c14-13(15,16)9-4-5-11(17-8-9)12(20)18(6-7-19)10-2-1-3-10/h4-5,8,10,19H,1-3,6-7H2. The molecule has 1 saturated carbocycles. The summed E-state index contributed by atoms with van der Waals surface area (Å²) in [6.07, 6.45) is -1.09. The summed E-state index contributed by atoms with van der Waals surface area (Å²) in [5, 5.41) is 8.99. The van der Waals surface area contributed by atoms with Crippen LogP contribution in [0.25, 0.3) is 0 Å². The van der Waals surface area contributed by atoms with Crippen molar-refractivity contribution in [3.63, 3.8) is 0 Å². The number of carbonyl (C=O) groups excluding carboxylic acids is 1. The van der Waals surface area contributed by atoms with Crippen LogP contribution in [0, 0.1) is 0 Å². The first-order chi connectivity index (χ1) is 9.43. The lowest BCUT2D eigenvalue weighted by atomic mass is 9.91. The first kappa shape index (κ1) is 14.8. The lowest BCUT2D eigenvalue weighted by molar-refractivity contribution is -0.137. The predicted molar refractivity (Wildman–Crippen MR) is 65.0 cm³/mol. The summed E-state index contributed by atoms with van der Waals surface area (Å²) in [6, 6.07) is 1.98. The lowest BCUT2D eigenvalue weighted by Crippen LogP contribution is -2.45. The third kappa shape index (κ3) is 3.09. The van der Waals surface area contributed by atoms with Crippen molar-refractivity contribution in [2.24, 2.45) is 0 Å². The fraction of sp³-hybridized carbons (Fsp3) is 0.538. The van der Waals surface area contributed by atoms with E-state index in [1.54, 1.807) is 0 Å². The van der Waals surface area contributed by atoms with Crippen molar-refractivity contribution >= 4 is 5.91 Å². The molecule has 1 amide bonds. The molecule has 1 fully saturated rings. The summed E-state index contributed by atoms with van der Waals surface area (Å²) in [5.74, 6) is -0.433. The molecule has 1 N–H and O–H groups in total. The molecule has 0 radical (unpaired) electrons. The maximum Gasteiger partial charge on any atom is 0.417 e. The van der Waals surface area contributed by atoms with Crippen molar-refractivity contribution in [3.8, 4) is 0 Å². The van der Waals surface area contributed by atoms with E-state index in [2.05, 4.69) is 4.98 Å². The summed E-state index contributed by atoms with van der Waals surface area (Å²) in [7, 11) is 0. The summed E-state index contributed by atoms with van der Waals surface area (Å²) in [4.78, 5) is 17.3. The molecule has 110 valence electrons. The second kappa shape index (κ2) is 5.78. The minimum Gasteiger partial charge on any atom is -0.395 e. The van der Waals surface area contributed by atoms with Crippen LogP contribution in [0.2, 0.25) is 0 Å². The predicted octanol–water partition coefficient (Wildman–Crippen LogP) is 2.09. The van der Waals surface area contributed by atoms with Crippen molar-refractivity contribution in [3.05, 3.63) is 29.6 Å². The summed E-state index contributed by atoms with van der Waals surface area (Å²) >= 11 is 0. The Labute approximate surface area is 114 Å². The van der Waals surface area contributed by atoms with Gasteiger partial charge in [-0.2, -0.15) is 13.2 Å². The zero-order valence-corrected chi connectivity index (χ0v) is 10.7. The number of halogens is 3. The molecule has 0 bridgehead atoms. The van der Waals surface area contributed by atoms with E-state index >= 15 is 0 Å². The fourth-order valence-corrected chi connectivity index (χ4v) is 2.09. The van der Waals surface area contributed by atoms with Crippen molar-refractivity contribution in [1.29, 1.82) is 0 Å². The Morgan fingerprint density at radius 1 is 1.40 bits per heavy atom. The molecule has 0 aromatic carbocycles. The maximum atomic E-state index is 12.4. The van der Waals surface area contributed by atoms with E-state index in [0.717, 1.165) is 31.4 Å². The van der Waals surface area contributed by atoms with Crippen molar-refractivity contribution in [1.82, 2.24) is 9.88 Å². The molecule has 1 aliphatic rings. The largest absolute Gasteiger partial charge is 0.417 e. The zero-order chi connectivity index (χ0) is 14.8. The number of aliphatic hydroxyl groups excluding tert-OH is 1. The van der Waals surface area contributed by atoms with E-state index in [4.69, 9.17) is 5.11 Å². The molecule has 0 spiro atoms. The lowest BCUT2D eigenvalue weighted by Gasteiger charge is -2.37. The molecule has 20 heavy (non-hydrogen) atoms. The van der Waals surface area contributed by atoms with Gasteiger partial charge >= 0.3 is 6.18 Å². The van der Waals surface area contributed by atoms with Crippen LogP contribution in [-0.2, 0) is 6.18 Å². The number of alkyl halides is 3. The minimum atomic E-state index is -4.46. The molecular weight excluding hydrogens is 273 g/mol. The van der Waals surface area contributed by atoms with Gasteiger partial charge in [-0.25, -0.2) is 0 Å². The van der Waals surface area contributed by atoms with Gasteiger partial charge in [0.2, 0.25) is 0 Å². The van der Waals surface area contributed by atoms with E-state index < -0.39 is 17.6 Å². The molecule has 4 nitrogen and oxygen atoms in total. The Morgan fingerprint density at radius 3 is 2.50 bits per heavy atom. The highest BCUT2D eigenvalue weighted by atomic mass is 19.4. The second-order valence-corrected chi connectivity index (χ2v) is 4.74. The van der Waals surface area contributed by atoms with Crippen LogP contribution in [0.5, 0.6) is 0 Å². The highest BCUT2D eigenvalue weighted by Crippen LogP contribution is 2.29. The number of amides is 1. The second-order valence-electron chi connectivity index (χ2n) is 4.74. The van der Waals surface area contributed by atoms with Crippen LogP contribution in [0.1, 0.15) is 35.3 Å². The Morgan fingerprint density at radius 2 is 2.10 bits per heavy atom. The minimum absolute atomic E-state index is 0.0293. The van der Waals surface area contributed by atoms with Crippen LogP contribution < -0.4 is 0 Å². The smallest absolute Gasteiger partial charge is 0.395 e. The van der Waals surface area contributed by atoms with E-state index in [-0.39, 0.29) is 24.9 Å². The number of pyridine rings is 1. The molecule has 1 heterocycles. The van der Waals surface area contributed by atoms with E-state index in [1.807, 2.05) is 0 Å². The number of hydrogen-bond acceptors (Lipinski definition) is 3. The van der Waals surface area contributed by atoms with Crippen LogP contribution in [0.3, 0.4) is 0 Å². The Hall–Kier alpha value is -1.63. The molecule has 0 unspecified atom stereocenters. The molecule has 1 aromatic heterocycles. The highest BCUT2D eigenvalue weighted by molar-refractivity contribution is 5.92. The van der Waals surface area contributed by atoms with E-state index in [1.165, 1.54) is 4.90 Å². The number of nitrogens with zero attached hydrogens (tertiary/aromatic N) is 2. The number of carbonyl (C=O) groups is 1. The van der Waals surface area contributed by atoms with Crippen molar-refractivity contribution in [2.45, 2.75) is 31.5 Å². The van der Waals surface area contributed by atoms with Gasteiger partial charge in [-0.3, -0.25) is 9.78 Å². The SMILES string of the molecule is O=C(c1ccc(C(F)(F)F)cn1)N(CCO)C1CCC1. The molecular formula is C13H15F3N2O2. The van der Waals surface area contributed by atoms with Crippen LogP contribution in [0.15, 0.2) is 18.3 Å². The third-order valence-electron chi connectivity index (χ3n) is 3.43. The van der Waals surface area contributed by atoms with Gasteiger partial charge in [0.1, 0.15) is 5.69 Å². The number of aliphatic hydroxyl groups is 1. The first-order valence-corrected chi connectivity index (χ1v) is 6.38. The molecule has 1 aromatic rings. The monoisotopic (exact) mass is 288 g/mol. The topological polar surface area (TPSA) is 53.4 Å². The normalized spacial score (nSPS) is 15.8. The van der Waals surface area contributed by atoms with E-state index in [0.29, 0.717) is 6.20 Å². The highest BCUT2D eigenvalue weighted by Gasteiger charge is 2.32. The van der Waals surface area contributed by atoms with Gasteiger partial charge in [0.05, 0.1) is 12.2 Å². The molecule has 0 saturated heterocycles. The first-order valence-electron chi connectivity index (χ1n) is 6.38. The van der Waals surface area contributed by atoms with Gasteiger partial charge in [-0.15, -0.1) is 0 Å². The van der Waals surface area contributed by atoms with Crippen molar-refractivity contribution in [2.75, 3.05) is 13.2 Å². The van der Waals surface area contributed by atoms with Gasteiger partial charge in [-0.05, 0) is 31.4 Å². The average molecular weight is 288 g/mol. The molecule has 2 rings (SSSR count). The molecule has 0 atom stereocenters. The van der Waals surface area contributed by atoms with Gasteiger partial charge < -0.3 is 10.0 Å².